The number of benzene rings is 1. The van der Waals surface area contributed by atoms with E-state index in [4.69, 9.17) is 4.74 Å². The van der Waals surface area contributed by atoms with Crippen LogP contribution in [0.15, 0.2) is 46.5 Å². The van der Waals surface area contributed by atoms with E-state index in [-0.39, 0.29) is 17.8 Å². The molecular formula is C23H27BrN6O2S2. The standard InChI is InChI=1S/C23H27BrN6O2S2/c1-3-13-30-20(15(2)32-18-11-9-17(24)10-12-18)26-29-23(30)33-14-19(31)25-22-28-27-21(34-22)16-7-5-4-6-8-16/h3,9-12,15-16H,1,4-8,13-14H2,2H3,(H,25,28,31). The summed E-state index contributed by atoms with van der Waals surface area (Å²) in [6, 6.07) is 7.63. The Morgan fingerprint density at radius 2 is 2.03 bits per heavy atom. The van der Waals surface area contributed by atoms with E-state index in [0.29, 0.717) is 28.6 Å². The summed E-state index contributed by atoms with van der Waals surface area (Å²) in [4.78, 5) is 12.6. The first kappa shape index (κ1) is 24.9. The van der Waals surface area contributed by atoms with Gasteiger partial charge in [-0.1, -0.05) is 64.4 Å². The van der Waals surface area contributed by atoms with Gasteiger partial charge < -0.3 is 4.74 Å². The number of ether oxygens (including phenoxy) is 1. The maximum Gasteiger partial charge on any atom is 0.236 e. The van der Waals surface area contributed by atoms with Gasteiger partial charge in [0.2, 0.25) is 11.0 Å². The molecule has 3 aromatic rings. The maximum absolute atomic E-state index is 12.6. The van der Waals surface area contributed by atoms with Crippen LogP contribution in [0.3, 0.4) is 0 Å². The topological polar surface area (TPSA) is 94.8 Å². The van der Waals surface area contributed by atoms with Gasteiger partial charge in [0, 0.05) is 16.9 Å². The second kappa shape index (κ2) is 11.9. The Morgan fingerprint density at radius 3 is 2.76 bits per heavy atom. The molecule has 0 saturated heterocycles. The lowest BCUT2D eigenvalue weighted by Gasteiger charge is -2.18. The van der Waals surface area contributed by atoms with Gasteiger partial charge in [0.1, 0.15) is 10.8 Å². The van der Waals surface area contributed by atoms with Crippen LogP contribution in [-0.4, -0.2) is 36.6 Å². The van der Waals surface area contributed by atoms with Crippen molar-refractivity contribution < 1.29 is 9.53 Å². The molecule has 180 valence electrons. The van der Waals surface area contributed by atoms with Gasteiger partial charge in [-0.3, -0.25) is 14.7 Å². The molecule has 0 bridgehead atoms. The molecule has 1 N–H and O–H groups in total. The molecule has 1 unspecified atom stereocenters. The highest BCUT2D eigenvalue weighted by Gasteiger charge is 2.22. The number of amides is 1. The monoisotopic (exact) mass is 562 g/mol. The lowest BCUT2D eigenvalue weighted by atomic mass is 9.90. The van der Waals surface area contributed by atoms with Crippen LogP contribution in [0.5, 0.6) is 5.75 Å². The zero-order valence-electron chi connectivity index (χ0n) is 18.9. The van der Waals surface area contributed by atoms with Crippen molar-refractivity contribution in [1.29, 1.82) is 0 Å². The largest absolute Gasteiger partial charge is 0.483 e. The average molecular weight is 564 g/mol. The van der Waals surface area contributed by atoms with Crippen LogP contribution in [0.4, 0.5) is 5.13 Å². The summed E-state index contributed by atoms with van der Waals surface area (Å²) >= 11 is 6.23. The zero-order valence-corrected chi connectivity index (χ0v) is 22.2. The fraction of sp³-hybridized carbons (Fsp3) is 0.435. The number of nitrogens with zero attached hydrogens (tertiary/aromatic N) is 5. The first-order valence-corrected chi connectivity index (χ1v) is 13.8. The number of halogens is 1. The van der Waals surface area contributed by atoms with Crippen LogP contribution >= 0.6 is 39.0 Å². The maximum atomic E-state index is 12.6. The predicted octanol–water partition coefficient (Wildman–Crippen LogP) is 6.00. The summed E-state index contributed by atoms with van der Waals surface area (Å²) in [5, 5.41) is 22.2. The van der Waals surface area contributed by atoms with Crippen molar-refractivity contribution in [1.82, 2.24) is 25.0 Å². The minimum absolute atomic E-state index is 0.148. The molecule has 1 saturated carbocycles. The van der Waals surface area contributed by atoms with Gasteiger partial charge in [-0.25, -0.2) is 0 Å². The van der Waals surface area contributed by atoms with E-state index in [9.17, 15) is 4.79 Å². The quantitative estimate of drug-likeness (QED) is 0.239. The van der Waals surface area contributed by atoms with E-state index in [2.05, 4.69) is 48.2 Å². The minimum Gasteiger partial charge on any atom is -0.483 e. The molecule has 1 fully saturated rings. The number of carbonyl (C=O) groups excluding carboxylic acids is 1. The van der Waals surface area contributed by atoms with Crippen LogP contribution in [0, 0.1) is 0 Å². The highest BCUT2D eigenvalue weighted by Crippen LogP contribution is 2.35. The van der Waals surface area contributed by atoms with Crippen molar-refractivity contribution in [3.05, 3.63) is 52.2 Å². The normalized spacial score (nSPS) is 15.1. The first-order valence-electron chi connectivity index (χ1n) is 11.3. The van der Waals surface area contributed by atoms with Gasteiger partial charge in [0.25, 0.3) is 0 Å². The molecule has 1 atom stereocenters. The van der Waals surface area contributed by atoms with Gasteiger partial charge in [0.15, 0.2) is 17.1 Å². The Bertz CT molecular complexity index is 1110. The third kappa shape index (κ3) is 6.45. The van der Waals surface area contributed by atoms with E-state index in [1.807, 2.05) is 35.8 Å². The van der Waals surface area contributed by atoms with E-state index < -0.39 is 0 Å². The lowest BCUT2D eigenvalue weighted by Crippen LogP contribution is -2.15. The third-order valence-corrected chi connectivity index (χ3v) is 8.02. The number of rotatable bonds is 10. The Morgan fingerprint density at radius 1 is 1.26 bits per heavy atom. The van der Waals surface area contributed by atoms with Gasteiger partial charge in [-0.2, -0.15) is 0 Å². The highest BCUT2D eigenvalue weighted by molar-refractivity contribution is 9.10. The Hall–Kier alpha value is -2.24. The van der Waals surface area contributed by atoms with E-state index in [0.717, 1.165) is 28.1 Å². The van der Waals surface area contributed by atoms with Crippen molar-refractivity contribution in [2.45, 2.75) is 62.8 Å². The molecule has 2 heterocycles. The summed E-state index contributed by atoms with van der Waals surface area (Å²) in [6.07, 6.45) is 7.54. The summed E-state index contributed by atoms with van der Waals surface area (Å²) in [5.74, 6) is 1.93. The van der Waals surface area contributed by atoms with Crippen molar-refractivity contribution >= 4 is 50.1 Å². The fourth-order valence-electron chi connectivity index (χ4n) is 3.86. The third-order valence-electron chi connectivity index (χ3n) is 5.52. The van der Waals surface area contributed by atoms with Crippen molar-refractivity contribution in [2.75, 3.05) is 11.1 Å². The second-order valence-electron chi connectivity index (χ2n) is 8.07. The summed E-state index contributed by atoms with van der Waals surface area (Å²) < 4.78 is 8.93. The molecule has 1 aliphatic carbocycles. The van der Waals surface area contributed by atoms with E-state index in [1.165, 1.54) is 42.4 Å². The van der Waals surface area contributed by atoms with Crippen LogP contribution < -0.4 is 10.1 Å². The van der Waals surface area contributed by atoms with Crippen LogP contribution in [-0.2, 0) is 11.3 Å². The molecule has 8 nitrogen and oxygen atoms in total. The predicted molar refractivity (Wildman–Crippen MR) is 138 cm³/mol. The number of nitrogens with one attached hydrogen (secondary N) is 1. The summed E-state index contributed by atoms with van der Waals surface area (Å²) in [5.41, 5.74) is 0. The zero-order chi connectivity index (χ0) is 23.9. The SMILES string of the molecule is C=CCn1c(SCC(=O)Nc2nnc(C3CCCCC3)s2)nnc1C(C)Oc1ccc(Br)cc1. The van der Waals surface area contributed by atoms with E-state index >= 15 is 0 Å². The number of hydrogen-bond acceptors (Lipinski definition) is 8. The molecule has 11 heteroatoms. The van der Waals surface area contributed by atoms with Crippen molar-refractivity contribution in [3.8, 4) is 5.75 Å². The van der Waals surface area contributed by atoms with Crippen LogP contribution in [0.2, 0.25) is 0 Å². The fourth-order valence-corrected chi connectivity index (χ4v) is 5.81. The molecule has 34 heavy (non-hydrogen) atoms. The molecule has 1 amide bonds. The number of hydrogen-bond donors (Lipinski definition) is 1. The van der Waals surface area contributed by atoms with Crippen LogP contribution in [0.25, 0.3) is 0 Å². The molecule has 0 spiro atoms. The molecule has 1 aromatic carbocycles. The highest BCUT2D eigenvalue weighted by atomic mass is 79.9. The number of thioether (sulfide) groups is 1. The van der Waals surface area contributed by atoms with Crippen molar-refractivity contribution in [2.24, 2.45) is 0 Å². The molecular weight excluding hydrogens is 536 g/mol. The van der Waals surface area contributed by atoms with Gasteiger partial charge in [-0.05, 0) is 44.0 Å². The molecule has 1 aliphatic rings. The van der Waals surface area contributed by atoms with Gasteiger partial charge in [0.05, 0.1) is 5.75 Å². The number of allylic oxidation sites excluding steroid dienone is 1. The Balaban J connectivity index is 1.35. The number of aromatic nitrogens is 5. The summed E-state index contributed by atoms with van der Waals surface area (Å²) in [6.45, 7) is 6.28. The van der Waals surface area contributed by atoms with E-state index in [1.54, 1.807) is 6.08 Å². The molecule has 4 rings (SSSR count). The lowest BCUT2D eigenvalue weighted by molar-refractivity contribution is -0.113. The Labute approximate surface area is 215 Å². The summed E-state index contributed by atoms with van der Waals surface area (Å²) in [7, 11) is 0. The minimum atomic E-state index is -0.323. The van der Waals surface area contributed by atoms with Gasteiger partial charge in [-0.15, -0.1) is 27.0 Å². The second-order valence-corrected chi connectivity index (χ2v) is 10.9. The molecule has 0 aliphatic heterocycles. The Kier molecular flexibility index (Phi) is 8.74. The smallest absolute Gasteiger partial charge is 0.236 e. The van der Waals surface area contributed by atoms with Crippen molar-refractivity contribution in [3.63, 3.8) is 0 Å². The first-order chi connectivity index (χ1) is 16.5. The molecule has 0 radical (unpaired) electrons. The number of anilines is 1. The van der Waals surface area contributed by atoms with Crippen LogP contribution in [0.1, 0.15) is 61.9 Å². The average Bonchev–Trinajstić information content (AvgIpc) is 3.47. The number of carbonyl (C=O) groups is 1. The molecule has 2 aromatic heterocycles. The van der Waals surface area contributed by atoms with Gasteiger partial charge >= 0.3 is 0 Å².